The molecule has 5 nitrogen and oxygen atoms in total. The standard InChI is InChI=1S/C13H17N3O2/c1-14-13-8-10(16(2)15-13)9-5-6-11(17-3)12(7-9)18-4/h5-8H,1-4H3,(H,14,15). The molecule has 0 bridgehead atoms. The van der Waals surface area contributed by atoms with Gasteiger partial charge in [-0.05, 0) is 18.2 Å². The summed E-state index contributed by atoms with van der Waals surface area (Å²) in [4.78, 5) is 0. The lowest BCUT2D eigenvalue weighted by molar-refractivity contribution is 0.355. The number of anilines is 1. The van der Waals surface area contributed by atoms with Crippen molar-refractivity contribution in [2.75, 3.05) is 26.6 Å². The van der Waals surface area contributed by atoms with E-state index in [1.807, 2.05) is 43.0 Å². The zero-order valence-corrected chi connectivity index (χ0v) is 11.0. The van der Waals surface area contributed by atoms with Gasteiger partial charge in [0.25, 0.3) is 0 Å². The molecule has 0 radical (unpaired) electrons. The van der Waals surface area contributed by atoms with Gasteiger partial charge in [0, 0.05) is 25.7 Å². The highest BCUT2D eigenvalue weighted by atomic mass is 16.5. The summed E-state index contributed by atoms with van der Waals surface area (Å²) >= 11 is 0. The Kier molecular flexibility index (Phi) is 3.41. The van der Waals surface area contributed by atoms with Gasteiger partial charge in [-0.2, -0.15) is 5.10 Å². The Bertz CT molecular complexity index is 549. The van der Waals surface area contributed by atoms with Crippen LogP contribution in [-0.2, 0) is 7.05 Å². The monoisotopic (exact) mass is 247 g/mol. The number of benzene rings is 1. The van der Waals surface area contributed by atoms with Crippen LogP contribution >= 0.6 is 0 Å². The third-order valence-electron chi connectivity index (χ3n) is 2.82. The number of hydrogen-bond acceptors (Lipinski definition) is 4. The molecule has 1 aromatic carbocycles. The van der Waals surface area contributed by atoms with Crippen LogP contribution in [0.25, 0.3) is 11.3 Å². The maximum absolute atomic E-state index is 5.30. The summed E-state index contributed by atoms with van der Waals surface area (Å²) in [6.45, 7) is 0. The second-order valence-electron chi connectivity index (χ2n) is 3.86. The highest BCUT2D eigenvalue weighted by molar-refractivity contribution is 5.67. The van der Waals surface area contributed by atoms with Gasteiger partial charge in [-0.15, -0.1) is 0 Å². The van der Waals surface area contributed by atoms with E-state index in [2.05, 4.69) is 10.4 Å². The van der Waals surface area contributed by atoms with Crippen LogP contribution in [0, 0.1) is 0 Å². The zero-order chi connectivity index (χ0) is 13.1. The molecule has 0 saturated heterocycles. The van der Waals surface area contributed by atoms with Crippen molar-refractivity contribution < 1.29 is 9.47 Å². The smallest absolute Gasteiger partial charge is 0.161 e. The minimum atomic E-state index is 0.710. The molecular weight excluding hydrogens is 230 g/mol. The van der Waals surface area contributed by atoms with Crippen LogP contribution in [0.3, 0.4) is 0 Å². The van der Waals surface area contributed by atoms with Crippen molar-refractivity contribution in [1.82, 2.24) is 9.78 Å². The molecular formula is C13H17N3O2. The fraction of sp³-hybridized carbons (Fsp3) is 0.308. The van der Waals surface area contributed by atoms with Crippen LogP contribution in [0.1, 0.15) is 0 Å². The number of rotatable bonds is 4. The fourth-order valence-corrected chi connectivity index (χ4v) is 1.86. The van der Waals surface area contributed by atoms with Crippen molar-refractivity contribution in [3.8, 4) is 22.8 Å². The minimum Gasteiger partial charge on any atom is -0.493 e. The maximum Gasteiger partial charge on any atom is 0.161 e. The number of nitrogens with one attached hydrogen (secondary N) is 1. The lowest BCUT2D eigenvalue weighted by Crippen LogP contribution is -1.96. The molecule has 0 aliphatic rings. The summed E-state index contributed by atoms with van der Waals surface area (Å²) in [6, 6.07) is 7.80. The van der Waals surface area contributed by atoms with Crippen molar-refractivity contribution in [3.63, 3.8) is 0 Å². The molecule has 1 N–H and O–H groups in total. The fourth-order valence-electron chi connectivity index (χ4n) is 1.86. The first-order valence-electron chi connectivity index (χ1n) is 5.63. The number of hydrogen-bond donors (Lipinski definition) is 1. The molecule has 18 heavy (non-hydrogen) atoms. The molecule has 0 aliphatic carbocycles. The van der Waals surface area contributed by atoms with Crippen molar-refractivity contribution in [2.24, 2.45) is 7.05 Å². The number of aryl methyl sites for hydroxylation is 1. The lowest BCUT2D eigenvalue weighted by Gasteiger charge is -2.09. The van der Waals surface area contributed by atoms with Crippen molar-refractivity contribution in [3.05, 3.63) is 24.3 Å². The predicted molar refractivity (Wildman–Crippen MR) is 71.3 cm³/mol. The maximum atomic E-state index is 5.30. The molecule has 0 amide bonds. The van der Waals surface area contributed by atoms with Gasteiger partial charge in [0.2, 0.25) is 0 Å². The van der Waals surface area contributed by atoms with E-state index < -0.39 is 0 Å². The number of nitrogens with zero attached hydrogens (tertiary/aromatic N) is 2. The van der Waals surface area contributed by atoms with Crippen LogP contribution in [0.2, 0.25) is 0 Å². The van der Waals surface area contributed by atoms with Gasteiger partial charge < -0.3 is 14.8 Å². The van der Waals surface area contributed by atoms with Gasteiger partial charge in [0.05, 0.1) is 19.9 Å². The Morgan fingerprint density at radius 1 is 1.11 bits per heavy atom. The van der Waals surface area contributed by atoms with Crippen LogP contribution in [0.15, 0.2) is 24.3 Å². The van der Waals surface area contributed by atoms with Crippen molar-refractivity contribution >= 4 is 5.82 Å². The van der Waals surface area contributed by atoms with Gasteiger partial charge in [-0.25, -0.2) is 0 Å². The van der Waals surface area contributed by atoms with Crippen LogP contribution in [-0.4, -0.2) is 31.0 Å². The SMILES string of the molecule is CNc1cc(-c2ccc(OC)c(OC)c2)n(C)n1. The third kappa shape index (κ3) is 2.11. The Labute approximate surface area is 106 Å². The summed E-state index contributed by atoms with van der Waals surface area (Å²) < 4.78 is 12.4. The topological polar surface area (TPSA) is 48.3 Å². The van der Waals surface area contributed by atoms with Gasteiger partial charge in [0.15, 0.2) is 11.5 Å². The van der Waals surface area contributed by atoms with E-state index in [1.54, 1.807) is 14.2 Å². The summed E-state index contributed by atoms with van der Waals surface area (Å²) in [5.74, 6) is 2.27. The zero-order valence-electron chi connectivity index (χ0n) is 11.0. The first-order valence-corrected chi connectivity index (χ1v) is 5.63. The molecule has 1 aromatic heterocycles. The molecule has 0 fully saturated rings. The normalized spacial score (nSPS) is 10.2. The third-order valence-corrected chi connectivity index (χ3v) is 2.82. The molecule has 0 atom stereocenters. The second-order valence-corrected chi connectivity index (χ2v) is 3.86. The van der Waals surface area contributed by atoms with E-state index in [1.165, 1.54) is 0 Å². The second kappa shape index (κ2) is 5.00. The van der Waals surface area contributed by atoms with E-state index in [4.69, 9.17) is 9.47 Å². The number of methoxy groups -OCH3 is 2. The largest absolute Gasteiger partial charge is 0.493 e. The van der Waals surface area contributed by atoms with Crippen molar-refractivity contribution in [1.29, 1.82) is 0 Å². The average molecular weight is 247 g/mol. The van der Waals surface area contributed by atoms with Crippen LogP contribution < -0.4 is 14.8 Å². The van der Waals surface area contributed by atoms with E-state index in [0.717, 1.165) is 22.8 Å². The van der Waals surface area contributed by atoms with Crippen LogP contribution in [0.5, 0.6) is 11.5 Å². The van der Waals surface area contributed by atoms with Gasteiger partial charge in [-0.1, -0.05) is 0 Å². The highest BCUT2D eigenvalue weighted by Crippen LogP contribution is 2.32. The molecule has 0 spiro atoms. The quantitative estimate of drug-likeness (QED) is 0.899. The Balaban J connectivity index is 2.47. The van der Waals surface area contributed by atoms with E-state index in [-0.39, 0.29) is 0 Å². The predicted octanol–water partition coefficient (Wildman–Crippen LogP) is 2.15. The molecule has 2 aromatic rings. The molecule has 0 unspecified atom stereocenters. The van der Waals surface area contributed by atoms with E-state index >= 15 is 0 Å². The van der Waals surface area contributed by atoms with Gasteiger partial charge in [0.1, 0.15) is 5.82 Å². The lowest BCUT2D eigenvalue weighted by atomic mass is 10.1. The summed E-state index contributed by atoms with van der Waals surface area (Å²) in [5, 5.41) is 7.36. The summed E-state index contributed by atoms with van der Waals surface area (Å²) in [5.41, 5.74) is 2.05. The van der Waals surface area contributed by atoms with Gasteiger partial charge in [-0.3, -0.25) is 4.68 Å². The van der Waals surface area contributed by atoms with Crippen molar-refractivity contribution in [2.45, 2.75) is 0 Å². The van der Waals surface area contributed by atoms with E-state index in [0.29, 0.717) is 5.75 Å². The minimum absolute atomic E-state index is 0.710. The Hall–Kier alpha value is -2.17. The molecule has 96 valence electrons. The molecule has 0 saturated carbocycles. The Morgan fingerprint density at radius 2 is 1.83 bits per heavy atom. The molecule has 2 rings (SSSR count). The van der Waals surface area contributed by atoms with Crippen LogP contribution in [0.4, 0.5) is 5.82 Å². The summed E-state index contributed by atoms with van der Waals surface area (Å²) in [7, 11) is 7.01. The highest BCUT2D eigenvalue weighted by Gasteiger charge is 2.10. The Morgan fingerprint density at radius 3 is 2.39 bits per heavy atom. The first-order chi connectivity index (χ1) is 8.69. The molecule has 5 heteroatoms. The first kappa shape index (κ1) is 12.3. The van der Waals surface area contributed by atoms with Gasteiger partial charge >= 0.3 is 0 Å². The number of ether oxygens (including phenoxy) is 2. The average Bonchev–Trinajstić information content (AvgIpc) is 2.79. The molecule has 1 heterocycles. The molecule has 0 aliphatic heterocycles. The van der Waals surface area contributed by atoms with E-state index in [9.17, 15) is 0 Å². The summed E-state index contributed by atoms with van der Waals surface area (Å²) in [6.07, 6.45) is 0. The number of aromatic nitrogens is 2.